The number of carbonyl (C=O) groups excluding carboxylic acids is 1. The van der Waals surface area contributed by atoms with E-state index < -0.39 is 0 Å². The first-order valence-corrected chi connectivity index (χ1v) is 8.91. The lowest BCUT2D eigenvalue weighted by atomic mass is 10.1. The molecule has 24 heavy (non-hydrogen) atoms. The number of anilines is 1. The number of hydrogen-bond acceptors (Lipinski definition) is 4. The number of carbonyl (C=O) groups is 1. The van der Waals surface area contributed by atoms with Gasteiger partial charge in [0.1, 0.15) is 0 Å². The third kappa shape index (κ3) is 5.08. The highest BCUT2D eigenvalue weighted by atomic mass is 35.5. The minimum absolute atomic E-state index is 0.0412. The van der Waals surface area contributed by atoms with Crippen molar-refractivity contribution in [2.75, 3.05) is 25.3 Å². The third-order valence-corrected chi connectivity index (χ3v) is 4.69. The van der Waals surface area contributed by atoms with Gasteiger partial charge in [-0.3, -0.25) is 4.79 Å². The van der Waals surface area contributed by atoms with Crippen molar-refractivity contribution in [3.63, 3.8) is 0 Å². The molecule has 0 spiro atoms. The van der Waals surface area contributed by atoms with Crippen LogP contribution < -0.4 is 14.8 Å². The SMILES string of the molecule is COc1cc(C)c(CSCC(=O)Nc2ccc(Cl)cc2)cc1OC. The molecule has 4 nitrogen and oxygen atoms in total. The van der Waals surface area contributed by atoms with Gasteiger partial charge < -0.3 is 14.8 Å². The smallest absolute Gasteiger partial charge is 0.234 e. The van der Waals surface area contributed by atoms with E-state index in [1.807, 2.05) is 19.1 Å². The molecular weight excluding hydrogens is 346 g/mol. The van der Waals surface area contributed by atoms with Gasteiger partial charge >= 0.3 is 0 Å². The van der Waals surface area contributed by atoms with Crippen LogP contribution in [0, 0.1) is 6.92 Å². The summed E-state index contributed by atoms with van der Waals surface area (Å²) in [5, 5.41) is 3.49. The lowest BCUT2D eigenvalue weighted by Crippen LogP contribution is -2.14. The fourth-order valence-electron chi connectivity index (χ4n) is 2.16. The number of aryl methyl sites for hydroxylation is 1. The topological polar surface area (TPSA) is 47.6 Å². The molecule has 0 aliphatic heterocycles. The van der Waals surface area contributed by atoms with Gasteiger partial charge in [0.05, 0.1) is 20.0 Å². The Bertz CT molecular complexity index is 704. The van der Waals surface area contributed by atoms with E-state index >= 15 is 0 Å². The summed E-state index contributed by atoms with van der Waals surface area (Å²) in [5.74, 6) is 2.46. The molecule has 0 aromatic heterocycles. The van der Waals surface area contributed by atoms with Crippen molar-refractivity contribution in [1.82, 2.24) is 0 Å². The largest absolute Gasteiger partial charge is 0.493 e. The lowest BCUT2D eigenvalue weighted by Gasteiger charge is -2.12. The molecule has 0 aliphatic carbocycles. The average molecular weight is 366 g/mol. The molecule has 2 rings (SSSR count). The summed E-state index contributed by atoms with van der Waals surface area (Å²) in [4.78, 5) is 12.0. The van der Waals surface area contributed by atoms with Gasteiger partial charge in [-0.25, -0.2) is 0 Å². The zero-order chi connectivity index (χ0) is 17.5. The lowest BCUT2D eigenvalue weighted by molar-refractivity contribution is -0.113. The Morgan fingerprint density at radius 2 is 1.75 bits per heavy atom. The highest BCUT2D eigenvalue weighted by molar-refractivity contribution is 7.99. The average Bonchev–Trinajstić information content (AvgIpc) is 2.58. The second kappa shape index (κ2) is 8.85. The fraction of sp³-hybridized carbons (Fsp3) is 0.278. The Kier molecular flexibility index (Phi) is 6.82. The number of nitrogens with one attached hydrogen (secondary N) is 1. The monoisotopic (exact) mass is 365 g/mol. The predicted octanol–water partition coefficient (Wildman–Crippen LogP) is 4.54. The van der Waals surface area contributed by atoms with Crippen LogP contribution in [0.5, 0.6) is 11.5 Å². The maximum absolute atomic E-state index is 12.0. The summed E-state index contributed by atoms with van der Waals surface area (Å²) in [6.07, 6.45) is 0. The molecule has 1 N–H and O–H groups in total. The molecular formula is C18H20ClNO3S. The number of methoxy groups -OCH3 is 2. The van der Waals surface area contributed by atoms with Gasteiger partial charge in [0.25, 0.3) is 0 Å². The fourth-order valence-corrected chi connectivity index (χ4v) is 3.18. The Labute approximate surface area is 151 Å². The molecule has 0 saturated heterocycles. The van der Waals surface area contributed by atoms with E-state index in [-0.39, 0.29) is 5.91 Å². The number of thioether (sulfide) groups is 1. The molecule has 0 saturated carbocycles. The molecule has 0 aliphatic rings. The van der Waals surface area contributed by atoms with Gasteiger partial charge in [0.15, 0.2) is 11.5 Å². The van der Waals surface area contributed by atoms with Crippen molar-refractivity contribution in [3.05, 3.63) is 52.5 Å². The summed E-state index contributed by atoms with van der Waals surface area (Å²) < 4.78 is 10.6. The van der Waals surface area contributed by atoms with Crippen LogP contribution in [0.15, 0.2) is 36.4 Å². The van der Waals surface area contributed by atoms with E-state index in [1.165, 1.54) is 0 Å². The van der Waals surface area contributed by atoms with Gasteiger partial charge in [0.2, 0.25) is 5.91 Å². The van der Waals surface area contributed by atoms with Crippen LogP contribution in [-0.2, 0) is 10.5 Å². The van der Waals surface area contributed by atoms with Crippen LogP contribution in [0.4, 0.5) is 5.69 Å². The Morgan fingerprint density at radius 1 is 1.12 bits per heavy atom. The van der Waals surface area contributed by atoms with Crippen molar-refractivity contribution in [2.24, 2.45) is 0 Å². The minimum atomic E-state index is -0.0412. The first-order valence-electron chi connectivity index (χ1n) is 7.38. The standard InChI is InChI=1S/C18H20ClNO3S/c1-12-8-16(22-2)17(23-3)9-13(12)10-24-11-18(21)20-15-6-4-14(19)5-7-15/h4-9H,10-11H2,1-3H3,(H,20,21). The summed E-state index contributed by atoms with van der Waals surface area (Å²) in [7, 11) is 3.23. The molecule has 0 atom stereocenters. The van der Waals surface area contributed by atoms with Crippen LogP contribution in [-0.4, -0.2) is 25.9 Å². The molecule has 0 unspecified atom stereocenters. The second-order valence-electron chi connectivity index (χ2n) is 5.18. The summed E-state index contributed by atoms with van der Waals surface area (Å²) in [6.45, 7) is 2.02. The quantitative estimate of drug-likeness (QED) is 0.782. The van der Waals surface area contributed by atoms with E-state index in [0.29, 0.717) is 22.3 Å². The number of amides is 1. The van der Waals surface area contributed by atoms with Gasteiger partial charge in [0, 0.05) is 16.5 Å². The van der Waals surface area contributed by atoms with E-state index in [1.54, 1.807) is 50.2 Å². The highest BCUT2D eigenvalue weighted by Crippen LogP contribution is 2.31. The second-order valence-corrected chi connectivity index (χ2v) is 6.60. The molecule has 128 valence electrons. The normalized spacial score (nSPS) is 10.3. The Balaban J connectivity index is 1.89. The van der Waals surface area contributed by atoms with Gasteiger partial charge in [-0.1, -0.05) is 11.6 Å². The number of hydrogen-bond donors (Lipinski definition) is 1. The molecule has 2 aromatic rings. The van der Waals surface area contributed by atoms with E-state index in [0.717, 1.165) is 22.6 Å². The molecule has 0 fully saturated rings. The highest BCUT2D eigenvalue weighted by Gasteiger charge is 2.10. The maximum atomic E-state index is 12.0. The van der Waals surface area contributed by atoms with Crippen LogP contribution >= 0.6 is 23.4 Å². The number of rotatable bonds is 7. The van der Waals surface area contributed by atoms with Crippen LogP contribution in [0.2, 0.25) is 5.02 Å². The zero-order valence-corrected chi connectivity index (χ0v) is 15.5. The van der Waals surface area contributed by atoms with E-state index in [4.69, 9.17) is 21.1 Å². The number of ether oxygens (including phenoxy) is 2. The van der Waals surface area contributed by atoms with Crippen molar-refractivity contribution < 1.29 is 14.3 Å². The summed E-state index contributed by atoms with van der Waals surface area (Å²) >= 11 is 7.37. The first-order chi connectivity index (χ1) is 11.5. The molecule has 1 amide bonds. The first kappa shape index (κ1) is 18.5. The van der Waals surface area contributed by atoms with E-state index in [9.17, 15) is 4.79 Å². The molecule has 0 bridgehead atoms. The molecule has 0 radical (unpaired) electrons. The van der Waals surface area contributed by atoms with Crippen molar-refractivity contribution >= 4 is 35.0 Å². The Hall–Kier alpha value is -1.85. The third-order valence-electron chi connectivity index (χ3n) is 3.46. The van der Waals surface area contributed by atoms with E-state index in [2.05, 4.69) is 5.32 Å². The van der Waals surface area contributed by atoms with Crippen LogP contribution in [0.1, 0.15) is 11.1 Å². The van der Waals surface area contributed by atoms with Gasteiger partial charge in [-0.15, -0.1) is 11.8 Å². The minimum Gasteiger partial charge on any atom is -0.493 e. The summed E-state index contributed by atoms with van der Waals surface area (Å²) in [5.41, 5.74) is 2.97. The van der Waals surface area contributed by atoms with Crippen molar-refractivity contribution in [1.29, 1.82) is 0 Å². The number of benzene rings is 2. The number of halogens is 1. The molecule has 6 heteroatoms. The van der Waals surface area contributed by atoms with Gasteiger partial charge in [-0.2, -0.15) is 0 Å². The molecule has 2 aromatic carbocycles. The van der Waals surface area contributed by atoms with Crippen LogP contribution in [0.3, 0.4) is 0 Å². The maximum Gasteiger partial charge on any atom is 0.234 e. The van der Waals surface area contributed by atoms with Crippen molar-refractivity contribution in [2.45, 2.75) is 12.7 Å². The zero-order valence-electron chi connectivity index (χ0n) is 13.9. The predicted molar refractivity (Wildman–Crippen MR) is 101 cm³/mol. The van der Waals surface area contributed by atoms with Gasteiger partial charge in [-0.05, 0) is 54.4 Å². The van der Waals surface area contributed by atoms with Crippen molar-refractivity contribution in [3.8, 4) is 11.5 Å². The Morgan fingerprint density at radius 3 is 2.38 bits per heavy atom. The van der Waals surface area contributed by atoms with Crippen LogP contribution in [0.25, 0.3) is 0 Å². The summed E-state index contributed by atoms with van der Waals surface area (Å²) in [6, 6.07) is 11.0. The molecule has 0 heterocycles.